The van der Waals surface area contributed by atoms with Crippen molar-refractivity contribution in [2.45, 2.75) is 26.1 Å². The molecule has 0 aliphatic carbocycles. The summed E-state index contributed by atoms with van der Waals surface area (Å²) in [7, 11) is 0. The molecular formula is C15H15F2NO2. The van der Waals surface area contributed by atoms with Gasteiger partial charge in [-0.2, -0.15) is 0 Å². The van der Waals surface area contributed by atoms with E-state index in [0.717, 1.165) is 18.2 Å². The first-order valence-corrected chi connectivity index (χ1v) is 6.22. The molecule has 1 aromatic heterocycles. The van der Waals surface area contributed by atoms with Crippen LogP contribution in [0.15, 0.2) is 36.7 Å². The lowest BCUT2D eigenvalue weighted by Gasteiger charge is -2.14. The van der Waals surface area contributed by atoms with Gasteiger partial charge in [-0.25, -0.2) is 8.78 Å². The molecule has 0 spiro atoms. The summed E-state index contributed by atoms with van der Waals surface area (Å²) in [6, 6.07) is 4.51. The Morgan fingerprint density at radius 1 is 1.15 bits per heavy atom. The molecule has 1 heterocycles. The lowest BCUT2D eigenvalue weighted by atomic mass is 10.0. The van der Waals surface area contributed by atoms with Gasteiger partial charge in [0, 0.05) is 17.3 Å². The van der Waals surface area contributed by atoms with Crippen molar-refractivity contribution in [1.29, 1.82) is 0 Å². The summed E-state index contributed by atoms with van der Waals surface area (Å²) in [6.45, 7) is 3.71. The SMILES string of the molecule is CC(C)Oc1cncc(C(O)c2cc(F)ccc2F)c1. The molecule has 0 saturated carbocycles. The maximum absolute atomic E-state index is 13.6. The minimum absolute atomic E-state index is 0.0462. The van der Waals surface area contributed by atoms with Crippen LogP contribution in [0.1, 0.15) is 31.1 Å². The van der Waals surface area contributed by atoms with Crippen LogP contribution in [-0.2, 0) is 0 Å². The van der Waals surface area contributed by atoms with Crippen LogP contribution in [0.2, 0.25) is 0 Å². The molecule has 0 fully saturated rings. The molecule has 1 unspecified atom stereocenters. The molecule has 0 bridgehead atoms. The Bertz CT molecular complexity index is 602. The van der Waals surface area contributed by atoms with E-state index in [4.69, 9.17) is 4.74 Å². The predicted octanol–water partition coefficient (Wildman–Crippen LogP) is 3.23. The third kappa shape index (κ3) is 3.30. The van der Waals surface area contributed by atoms with Gasteiger partial charge in [0.1, 0.15) is 23.5 Å². The number of pyridine rings is 1. The molecule has 106 valence electrons. The number of aromatic nitrogens is 1. The van der Waals surface area contributed by atoms with Crippen LogP contribution in [0.3, 0.4) is 0 Å². The number of aliphatic hydroxyl groups is 1. The number of hydrogen-bond acceptors (Lipinski definition) is 3. The van der Waals surface area contributed by atoms with Crippen LogP contribution >= 0.6 is 0 Å². The standard InChI is InChI=1S/C15H15F2NO2/c1-9(2)20-12-5-10(7-18-8-12)15(19)13-6-11(16)3-4-14(13)17/h3-9,15,19H,1-2H3. The molecule has 0 saturated heterocycles. The molecule has 0 radical (unpaired) electrons. The zero-order valence-corrected chi connectivity index (χ0v) is 11.2. The second-order valence-electron chi connectivity index (χ2n) is 4.69. The Morgan fingerprint density at radius 2 is 1.90 bits per heavy atom. The Morgan fingerprint density at radius 3 is 2.60 bits per heavy atom. The molecule has 5 heteroatoms. The highest BCUT2D eigenvalue weighted by Crippen LogP contribution is 2.26. The molecule has 1 atom stereocenters. The summed E-state index contributed by atoms with van der Waals surface area (Å²) in [4.78, 5) is 3.94. The van der Waals surface area contributed by atoms with Gasteiger partial charge >= 0.3 is 0 Å². The molecule has 3 nitrogen and oxygen atoms in total. The number of hydrogen-bond donors (Lipinski definition) is 1. The first-order chi connectivity index (χ1) is 9.47. The number of rotatable bonds is 4. The number of benzene rings is 1. The zero-order chi connectivity index (χ0) is 14.7. The smallest absolute Gasteiger partial charge is 0.138 e. The third-order valence-electron chi connectivity index (χ3n) is 2.67. The molecule has 2 aromatic rings. The second-order valence-corrected chi connectivity index (χ2v) is 4.69. The van der Waals surface area contributed by atoms with Gasteiger partial charge in [-0.3, -0.25) is 4.98 Å². The molecule has 1 N–H and O–H groups in total. The van der Waals surface area contributed by atoms with Gasteiger partial charge in [0.2, 0.25) is 0 Å². The zero-order valence-electron chi connectivity index (χ0n) is 11.2. The fraction of sp³-hybridized carbons (Fsp3) is 0.267. The van der Waals surface area contributed by atoms with Crippen LogP contribution in [0, 0.1) is 11.6 Å². The second kappa shape index (κ2) is 5.96. The minimum atomic E-state index is -1.30. The average Bonchev–Trinajstić information content (AvgIpc) is 2.40. The van der Waals surface area contributed by atoms with Crippen LogP contribution in [0.25, 0.3) is 0 Å². The van der Waals surface area contributed by atoms with Gasteiger partial charge in [-0.1, -0.05) is 0 Å². The van der Waals surface area contributed by atoms with Gasteiger partial charge in [-0.15, -0.1) is 0 Å². The molecule has 20 heavy (non-hydrogen) atoms. The normalized spacial score (nSPS) is 12.5. The van der Waals surface area contributed by atoms with Crippen molar-refractivity contribution in [2.75, 3.05) is 0 Å². The number of halogens is 2. The van der Waals surface area contributed by atoms with Gasteiger partial charge < -0.3 is 9.84 Å². The summed E-state index contributed by atoms with van der Waals surface area (Å²) >= 11 is 0. The van der Waals surface area contributed by atoms with Gasteiger partial charge in [-0.05, 0) is 38.1 Å². The summed E-state index contributed by atoms with van der Waals surface area (Å²) in [5.74, 6) is -0.814. The molecule has 2 rings (SSSR count). The lowest BCUT2D eigenvalue weighted by molar-refractivity contribution is 0.210. The van der Waals surface area contributed by atoms with Crippen LogP contribution in [0.4, 0.5) is 8.78 Å². The largest absolute Gasteiger partial charge is 0.489 e. The fourth-order valence-electron chi connectivity index (χ4n) is 1.83. The molecule has 0 amide bonds. The quantitative estimate of drug-likeness (QED) is 0.934. The molecule has 1 aromatic carbocycles. The maximum Gasteiger partial charge on any atom is 0.138 e. The topological polar surface area (TPSA) is 42.4 Å². The highest BCUT2D eigenvalue weighted by atomic mass is 19.1. The lowest BCUT2D eigenvalue weighted by Crippen LogP contribution is -2.08. The predicted molar refractivity (Wildman–Crippen MR) is 70.4 cm³/mol. The van der Waals surface area contributed by atoms with Crippen molar-refractivity contribution in [3.05, 3.63) is 59.4 Å². The van der Waals surface area contributed by atoms with Crippen LogP contribution in [0.5, 0.6) is 5.75 Å². The van der Waals surface area contributed by atoms with Crippen molar-refractivity contribution in [1.82, 2.24) is 4.98 Å². The Hall–Kier alpha value is -2.01. The first kappa shape index (κ1) is 14.4. The minimum Gasteiger partial charge on any atom is -0.489 e. The summed E-state index contributed by atoms with van der Waals surface area (Å²) < 4.78 is 32.2. The Kier molecular flexibility index (Phi) is 4.29. The number of ether oxygens (including phenoxy) is 1. The third-order valence-corrected chi connectivity index (χ3v) is 2.67. The maximum atomic E-state index is 13.6. The van der Waals surface area contributed by atoms with E-state index in [1.54, 1.807) is 6.07 Å². The van der Waals surface area contributed by atoms with Crippen LogP contribution < -0.4 is 4.74 Å². The van der Waals surface area contributed by atoms with Gasteiger partial charge in [0.15, 0.2) is 0 Å². The molecule has 0 aliphatic heterocycles. The number of nitrogens with zero attached hydrogens (tertiary/aromatic N) is 1. The average molecular weight is 279 g/mol. The van der Waals surface area contributed by atoms with Gasteiger partial charge in [0.05, 0.1) is 12.3 Å². The van der Waals surface area contributed by atoms with E-state index in [0.29, 0.717) is 11.3 Å². The van der Waals surface area contributed by atoms with Crippen molar-refractivity contribution in [2.24, 2.45) is 0 Å². The van der Waals surface area contributed by atoms with E-state index in [2.05, 4.69) is 4.98 Å². The van der Waals surface area contributed by atoms with Crippen molar-refractivity contribution >= 4 is 0 Å². The molecular weight excluding hydrogens is 264 g/mol. The summed E-state index contributed by atoms with van der Waals surface area (Å²) in [6.07, 6.45) is 1.55. The van der Waals surface area contributed by atoms with Crippen LogP contribution in [-0.4, -0.2) is 16.2 Å². The van der Waals surface area contributed by atoms with E-state index in [9.17, 15) is 13.9 Å². The van der Waals surface area contributed by atoms with E-state index in [1.165, 1.54) is 12.4 Å². The molecule has 0 aliphatic rings. The first-order valence-electron chi connectivity index (χ1n) is 6.22. The summed E-state index contributed by atoms with van der Waals surface area (Å²) in [5.41, 5.74) is 0.209. The highest BCUT2D eigenvalue weighted by Gasteiger charge is 2.17. The van der Waals surface area contributed by atoms with Crippen molar-refractivity contribution < 1.29 is 18.6 Å². The van der Waals surface area contributed by atoms with E-state index >= 15 is 0 Å². The van der Waals surface area contributed by atoms with Crippen molar-refractivity contribution in [3.8, 4) is 5.75 Å². The van der Waals surface area contributed by atoms with E-state index in [-0.39, 0.29) is 11.7 Å². The van der Waals surface area contributed by atoms with E-state index in [1.807, 2.05) is 13.8 Å². The summed E-state index contributed by atoms with van der Waals surface area (Å²) in [5, 5.41) is 10.2. The Labute approximate surface area is 115 Å². The fourth-order valence-corrected chi connectivity index (χ4v) is 1.83. The van der Waals surface area contributed by atoms with Crippen molar-refractivity contribution in [3.63, 3.8) is 0 Å². The van der Waals surface area contributed by atoms with Gasteiger partial charge in [0.25, 0.3) is 0 Å². The highest BCUT2D eigenvalue weighted by molar-refractivity contribution is 5.33. The Balaban J connectivity index is 2.33. The monoisotopic (exact) mass is 279 g/mol. The van der Waals surface area contributed by atoms with E-state index < -0.39 is 17.7 Å². The number of aliphatic hydroxyl groups excluding tert-OH is 1.